The molecule has 0 fully saturated rings. The van der Waals surface area contributed by atoms with E-state index in [1.54, 1.807) is 6.07 Å². The number of furan rings is 1. The molecule has 0 radical (unpaired) electrons. The summed E-state index contributed by atoms with van der Waals surface area (Å²) in [5.41, 5.74) is 5.22. The van der Waals surface area contributed by atoms with Gasteiger partial charge in [0.15, 0.2) is 0 Å². The lowest BCUT2D eigenvalue weighted by Gasteiger charge is -2.28. The maximum Gasteiger partial charge on any atom is 0.141 e. The Morgan fingerprint density at radius 3 is 2.46 bits per heavy atom. The Morgan fingerprint density at radius 2 is 1.61 bits per heavy atom. The van der Waals surface area contributed by atoms with Crippen molar-refractivity contribution in [1.29, 1.82) is 0 Å². The molecule has 2 unspecified atom stereocenters. The third-order valence-corrected chi connectivity index (χ3v) is 6.12. The van der Waals surface area contributed by atoms with Crippen LogP contribution >= 0.6 is 23.2 Å². The van der Waals surface area contributed by atoms with E-state index < -0.39 is 0 Å². The van der Waals surface area contributed by atoms with Crippen LogP contribution < -0.4 is 4.90 Å². The molecule has 3 aromatic carbocycles. The van der Waals surface area contributed by atoms with E-state index in [1.807, 2.05) is 24.3 Å². The number of rotatable bonds is 1. The Morgan fingerprint density at radius 1 is 0.821 bits per heavy atom. The maximum atomic E-state index is 6.34. The third-order valence-electron chi connectivity index (χ3n) is 5.68. The Kier molecular flexibility index (Phi) is 3.44. The largest absolute Gasteiger partial charge is 0.456 e. The van der Waals surface area contributed by atoms with Gasteiger partial charge >= 0.3 is 0 Å². The molecule has 0 spiro atoms. The molecule has 1 aliphatic heterocycles. The molecule has 0 N–H and O–H groups in total. The molecule has 0 bridgehead atoms. The quantitative estimate of drug-likeness (QED) is 0.324. The van der Waals surface area contributed by atoms with Crippen LogP contribution in [0.1, 0.15) is 11.5 Å². The topological polar surface area (TPSA) is 16.4 Å². The zero-order valence-corrected chi connectivity index (χ0v) is 16.3. The lowest BCUT2D eigenvalue weighted by atomic mass is 9.90. The van der Waals surface area contributed by atoms with E-state index >= 15 is 0 Å². The van der Waals surface area contributed by atoms with E-state index in [4.69, 9.17) is 27.6 Å². The van der Waals surface area contributed by atoms with E-state index in [0.717, 1.165) is 33.3 Å². The SMILES string of the molecule is Clc1cc(Cl)cc(N2c3ccc4c(oc5ccccc54)c3C3C=CC=CC32)c1. The molecule has 2 nitrogen and oxygen atoms in total. The summed E-state index contributed by atoms with van der Waals surface area (Å²) in [6.07, 6.45) is 8.69. The summed E-state index contributed by atoms with van der Waals surface area (Å²) in [7, 11) is 0. The minimum Gasteiger partial charge on any atom is -0.456 e. The first-order valence-electron chi connectivity index (χ1n) is 9.25. The molecule has 2 atom stereocenters. The number of nitrogens with zero attached hydrogens (tertiary/aromatic N) is 1. The lowest BCUT2D eigenvalue weighted by molar-refractivity contribution is 0.656. The lowest BCUT2D eigenvalue weighted by Crippen LogP contribution is -2.28. The second-order valence-corrected chi connectivity index (χ2v) is 8.13. The van der Waals surface area contributed by atoms with Crippen molar-refractivity contribution in [2.75, 3.05) is 4.90 Å². The summed E-state index contributed by atoms with van der Waals surface area (Å²) >= 11 is 12.6. The second kappa shape index (κ2) is 5.91. The minimum absolute atomic E-state index is 0.161. The van der Waals surface area contributed by atoms with Gasteiger partial charge in [-0.1, -0.05) is 65.7 Å². The number of benzene rings is 3. The highest BCUT2D eigenvalue weighted by molar-refractivity contribution is 6.35. The Labute approximate surface area is 172 Å². The van der Waals surface area contributed by atoms with Gasteiger partial charge in [0, 0.05) is 43.7 Å². The predicted octanol–water partition coefficient (Wildman–Crippen LogP) is 7.62. The minimum atomic E-state index is 0.161. The van der Waals surface area contributed by atoms with Crippen LogP contribution in [0.15, 0.2) is 83.3 Å². The van der Waals surface area contributed by atoms with Crippen molar-refractivity contribution in [2.24, 2.45) is 0 Å². The standard InChI is InChI=1S/C24H15Cl2NO/c25-14-11-15(26)13-16(12-14)27-20-7-3-1-6-19(20)23-21(27)10-9-18-17-5-2-4-8-22(17)28-24(18)23/h1-13,19-20H. The van der Waals surface area contributed by atoms with Crippen molar-refractivity contribution in [3.63, 3.8) is 0 Å². The van der Waals surface area contributed by atoms with Crippen LogP contribution in [0.25, 0.3) is 21.9 Å². The number of para-hydroxylation sites is 1. The van der Waals surface area contributed by atoms with Crippen LogP contribution in [0.4, 0.5) is 11.4 Å². The van der Waals surface area contributed by atoms with Gasteiger partial charge in [0.1, 0.15) is 11.2 Å². The van der Waals surface area contributed by atoms with Gasteiger partial charge < -0.3 is 9.32 Å². The Bertz CT molecular complexity index is 1300. The highest BCUT2D eigenvalue weighted by Crippen LogP contribution is 2.52. The van der Waals surface area contributed by atoms with Gasteiger partial charge in [0.05, 0.1) is 6.04 Å². The molecule has 28 heavy (non-hydrogen) atoms. The molecule has 6 rings (SSSR count). The van der Waals surface area contributed by atoms with E-state index in [1.165, 1.54) is 5.56 Å². The highest BCUT2D eigenvalue weighted by Gasteiger charge is 2.40. The van der Waals surface area contributed by atoms with Crippen molar-refractivity contribution >= 4 is 56.5 Å². The molecule has 4 heteroatoms. The normalized spacial score (nSPS) is 20.1. The molecule has 2 heterocycles. The van der Waals surface area contributed by atoms with Crippen molar-refractivity contribution in [3.8, 4) is 0 Å². The number of allylic oxidation sites excluding steroid dienone is 2. The molecule has 2 aliphatic rings. The number of anilines is 2. The average Bonchev–Trinajstić information content (AvgIpc) is 3.22. The number of hydrogen-bond donors (Lipinski definition) is 0. The highest BCUT2D eigenvalue weighted by atomic mass is 35.5. The van der Waals surface area contributed by atoms with E-state index in [0.29, 0.717) is 10.0 Å². The fourth-order valence-corrected chi connectivity index (χ4v) is 5.11. The Hall–Kier alpha value is -2.68. The first kappa shape index (κ1) is 16.3. The van der Waals surface area contributed by atoms with Gasteiger partial charge in [-0.15, -0.1) is 0 Å². The summed E-state index contributed by atoms with van der Waals surface area (Å²) in [5, 5.41) is 3.57. The average molecular weight is 404 g/mol. The maximum absolute atomic E-state index is 6.34. The molecular weight excluding hydrogens is 389 g/mol. The number of halogens is 2. The van der Waals surface area contributed by atoms with E-state index in [9.17, 15) is 0 Å². The molecule has 0 amide bonds. The predicted molar refractivity (Wildman–Crippen MR) is 117 cm³/mol. The second-order valence-electron chi connectivity index (χ2n) is 7.26. The monoisotopic (exact) mass is 403 g/mol. The Balaban J connectivity index is 1.67. The summed E-state index contributed by atoms with van der Waals surface area (Å²) in [5.74, 6) is 0.210. The van der Waals surface area contributed by atoms with Gasteiger partial charge in [0.2, 0.25) is 0 Å². The summed E-state index contributed by atoms with van der Waals surface area (Å²) in [6.45, 7) is 0. The molecular formula is C24H15Cl2NO. The molecule has 0 saturated heterocycles. The third kappa shape index (κ3) is 2.22. The zero-order chi connectivity index (χ0) is 18.8. The van der Waals surface area contributed by atoms with Crippen LogP contribution in [0.3, 0.4) is 0 Å². The van der Waals surface area contributed by atoms with E-state index in [-0.39, 0.29) is 12.0 Å². The van der Waals surface area contributed by atoms with Crippen molar-refractivity contribution in [1.82, 2.24) is 0 Å². The number of fused-ring (bicyclic) bond motifs is 7. The van der Waals surface area contributed by atoms with Crippen LogP contribution in [0, 0.1) is 0 Å². The summed E-state index contributed by atoms with van der Waals surface area (Å²) < 4.78 is 6.34. The van der Waals surface area contributed by atoms with Gasteiger partial charge in [-0.2, -0.15) is 0 Å². The summed E-state index contributed by atoms with van der Waals surface area (Å²) in [4.78, 5) is 2.31. The van der Waals surface area contributed by atoms with Gasteiger partial charge in [-0.25, -0.2) is 0 Å². The van der Waals surface area contributed by atoms with E-state index in [2.05, 4.69) is 53.5 Å². The fraction of sp³-hybridized carbons (Fsp3) is 0.0833. The van der Waals surface area contributed by atoms with Crippen molar-refractivity contribution in [3.05, 3.63) is 94.5 Å². The molecule has 136 valence electrons. The fourth-order valence-electron chi connectivity index (χ4n) is 4.59. The van der Waals surface area contributed by atoms with Crippen molar-refractivity contribution in [2.45, 2.75) is 12.0 Å². The van der Waals surface area contributed by atoms with Gasteiger partial charge in [0.25, 0.3) is 0 Å². The molecule has 1 aromatic heterocycles. The van der Waals surface area contributed by atoms with Gasteiger partial charge in [-0.3, -0.25) is 0 Å². The van der Waals surface area contributed by atoms with Crippen LogP contribution in [0.2, 0.25) is 10.0 Å². The van der Waals surface area contributed by atoms with Crippen molar-refractivity contribution < 1.29 is 4.42 Å². The van der Waals surface area contributed by atoms with Crippen LogP contribution in [-0.4, -0.2) is 6.04 Å². The summed E-state index contributed by atoms with van der Waals surface area (Å²) in [6, 6.07) is 18.4. The first-order chi connectivity index (χ1) is 13.7. The number of hydrogen-bond acceptors (Lipinski definition) is 2. The molecule has 1 aliphatic carbocycles. The van der Waals surface area contributed by atoms with Crippen LogP contribution in [-0.2, 0) is 0 Å². The molecule has 0 saturated carbocycles. The smallest absolute Gasteiger partial charge is 0.141 e. The van der Waals surface area contributed by atoms with Gasteiger partial charge in [-0.05, 0) is 36.4 Å². The van der Waals surface area contributed by atoms with Crippen LogP contribution in [0.5, 0.6) is 0 Å². The molecule has 4 aromatic rings. The first-order valence-corrected chi connectivity index (χ1v) is 10.0. The zero-order valence-electron chi connectivity index (χ0n) is 14.8.